The van der Waals surface area contributed by atoms with Gasteiger partial charge in [0, 0.05) is 56.8 Å². The molecule has 0 radical (unpaired) electrons. The van der Waals surface area contributed by atoms with Crippen LogP contribution in [0, 0.1) is 12.3 Å². The molecule has 1 saturated carbocycles. The summed E-state index contributed by atoms with van der Waals surface area (Å²) >= 11 is 0. The Morgan fingerprint density at radius 2 is 1.70 bits per heavy atom. The molecule has 3 aliphatic rings. The molecule has 3 fully saturated rings. The fourth-order valence-electron chi connectivity index (χ4n) is 6.08. The van der Waals surface area contributed by atoms with Gasteiger partial charge in [-0.15, -0.1) is 0 Å². The molecule has 1 aromatic rings. The van der Waals surface area contributed by atoms with Gasteiger partial charge < -0.3 is 25.6 Å². The topological polar surface area (TPSA) is 108 Å². The summed E-state index contributed by atoms with van der Waals surface area (Å²) in [6.07, 6.45) is 4.34. The smallest absolute Gasteiger partial charge is 0.254 e. The number of hydrogen-bond donors (Lipinski definition) is 2. The average Bonchev–Trinajstić information content (AvgIpc) is 3.35. The minimum Gasteiger partial charge on any atom is -0.379 e. The molecule has 2 saturated heterocycles. The average molecular weight is 556 g/mol. The lowest BCUT2D eigenvalue weighted by atomic mass is 9.91. The van der Waals surface area contributed by atoms with E-state index < -0.39 is 6.04 Å². The zero-order valence-corrected chi connectivity index (χ0v) is 24.9. The van der Waals surface area contributed by atoms with Gasteiger partial charge in [0.25, 0.3) is 5.91 Å². The Hall–Kier alpha value is -2.49. The summed E-state index contributed by atoms with van der Waals surface area (Å²) in [6.45, 7) is 13.0. The van der Waals surface area contributed by atoms with Gasteiger partial charge in [-0.1, -0.05) is 38.5 Å². The number of likely N-dealkylation sites (tertiary alicyclic amines) is 1. The molecule has 0 bridgehead atoms. The Labute approximate surface area is 239 Å². The van der Waals surface area contributed by atoms with Gasteiger partial charge in [-0.25, -0.2) is 0 Å². The predicted octanol–water partition coefficient (Wildman–Crippen LogP) is 2.56. The van der Waals surface area contributed by atoms with E-state index in [0.717, 1.165) is 50.9 Å². The molecule has 222 valence electrons. The summed E-state index contributed by atoms with van der Waals surface area (Å²) < 4.78 is 5.50. The monoisotopic (exact) mass is 555 g/mol. The third kappa shape index (κ3) is 8.27. The quantitative estimate of drug-likeness (QED) is 0.511. The molecule has 3 amide bonds. The van der Waals surface area contributed by atoms with Crippen LogP contribution in [0.5, 0.6) is 0 Å². The van der Waals surface area contributed by atoms with E-state index in [0.29, 0.717) is 44.7 Å². The molecular weight excluding hydrogens is 506 g/mol. The molecule has 3 N–H and O–H groups in total. The van der Waals surface area contributed by atoms with Crippen molar-refractivity contribution in [1.82, 2.24) is 20.0 Å². The third-order valence-corrected chi connectivity index (χ3v) is 8.46. The van der Waals surface area contributed by atoms with Gasteiger partial charge in [0.2, 0.25) is 11.8 Å². The van der Waals surface area contributed by atoms with E-state index in [1.807, 2.05) is 36.1 Å². The van der Waals surface area contributed by atoms with Crippen molar-refractivity contribution in [1.29, 1.82) is 0 Å². The lowest BCUT2D eigenvalue weighted by molar-refractivity contribution is -0.136. The summed E-state index contributed by atoms with van der Waals surface area (Å²) in [6, 6.07) is 6.90. The van der Waals surface area contributed by atoms with E-state index in [1.54, 1.807) is 4.90 Å². The summed E-state index contributed by atoms with van der Waals surface area (Å²) in [5, 5.41) is 3.22. The number of rotatable bonds is 8. The van der Waals surface area contributed by atoms with E-state index in [4.69, 9.17) is 10.5 Å². The predicted molar refractivity (Wildman–Crippen MR) is 156 cm³/mol. The van der Waals surface area contributed by atoms with Crippen molar-refractivity contribution >= 4 is 17.7 Å². The molecule has 0 spiro atoms. The van der Waals surface area contributed by atoms with Crippen molar-refractivity contribution in [3.8, 4) is 0 Å². The van der Waals surface area contributed by atoms with Crippen LogP contribution in [-0.4, -0.2) is 103 Å². The molecule has 40 heavy (non-hydrogen) atoms. The van der Waals surface area contributed by atoms with E-state index in [1.165, 1.54) is 0 Å². The van der Waals surface area contributed by atoms with Crippen LogP contribution >= 0.6 is 0 Å². The van der Waals surface area contributed by atoms with Crippen molar-refractivity contribution in [2.75, 3.05) is 45.9 Å². The van der Waals surface area contributed by atoms with Crippen molar-refractivity contribution in [3.05, 3.63) is 35.4 Å². The van der Waals surface area contributed by atoms with E-state index in [2.05, 4.69) is 31.0 Å². The zero-order valence-electron chi connectivity index (χ0n) is 24.9. The standard InChI is InChI=1S/C31H49N5O4/c1-22-5-7-23(8-6-22)30(39)36-21-26(19-27(36)29(38)33-25-11-9-24(32)10-12-25)35(28(37)20-31(2,3)4)14-13-34-15-17-40-18-16-34/h5-8,24-27H,9-21,32H2,1-4H3,(H,33,38). The molecule has 2 atom stereocenters. The third-order valence-electron chi connectivity index (χ3n) is 8.46. The Kier molecular flexibility index (Phi) is 10.2. The number of nitrogens with zero attached hydrogens (tertiary/aromatic N) is 3. The fraction of sp³-hybridized carbons (Fsp3) is 0.710. The number of nitrogens with two attached hydrogens (primary N) is 1. The Morgan fingerprint density at radius 3 is 2.33 bits per heavy atom. The lowest BCUT2D eigenvalue weighted by Gasteiger charge is -2.34. The van der Waals surface area contributed by atoms with Crippen LogP contribution in [0.15, 0.2) is 24.3 Å². The maximum atomic E-state index is 13.8. The second-order valence-corrected chi connectivity index (χ2v) is 13.1. The van der Waals surface area contributed by atoms with Gasteiger partial charge >= 0.3 is 0 Å². The van der Waals surface area contributed by atoms with Crippen LogP contribution in [0.2, 0.25) is 0 Å². The normalized spacial score (nSPS) is 26.0. The first kappa shape index (κ1) is 30.5. The molecule has 9 nitrogen and oxygen atoms in total. The number of aryl methyl sites for hydroxylation is 1. The minimum atomic E-state index is -0.622. The summed E-state index contributed by atoms with van der Waals surface area (Å²) in [4.78, 5) is 47.2. The molecule has 1 aliphatic carbocycles. The highest BCUT2D eigenvalue weighted by atomic mass is 16.5. The number of hydrogen-bond acceptors (Lipinski definition) is 6. The lowest BCUT2D eigenvalue weighted by Crippen LogP contribution is -2.50. The van der Waals surface area contributed by atoms with Crippen LogP contribution < -0.4 is 11.1 Å². The SMILES string of the molecule is Cc1ccc(C(=O)N2CC(N(CCN3CCOCC3)C(=O)CC(C)(C)C)CC2C(=O)NC2CCC(N)CC2)cc1. The van der Waals surface area contributed by atoms with Crippen molar-refractivity contribution in [3.63, 3.8) is 0 Å². The summed E-state index contributed by atoms with van der Waals surface area (Å²) in [5.41, 5.74) is 7.55. The van der Waals surface area contributed by atoms with E-state index in [-0.39, 0.29) is 41.3 Å². The maximum Gasteiger partial charge on any atom is 0.254 e. The zero-order chi connectivity index (χ0) is 28.9. The summed E-state index contributed by atoms with van der Waals surface area (Å²) in [7, 11) is 0. The molecule has 9 heteroatoms. The highest BCUT2D eigenvalue weighted by molar-refractivity contribution is 5.98. The number of ether oxygens (including phenoxy) is 1. The van der Waals surface area contributed by atoms with Crippen LogP contribution in [0.3, 0.4) is 0 Å². The molecular formula is C31H49N5O4. The second kappa shape index (κ2) is 13.4. The Bertz CT molecular complexity index is 1010. The van der Waals surface area contributed by atoms with Crippen molar-refractivity contribution in [2.45, 2.75) is 90.4 Å². The maximum absolute atomic E-state index is 13.8. The highest BCUT2D eigenvalue weighted by Gasteiger charge is 2.44. The summed E-state index contributed by atoms with van der Waals surface area (Å²) in [5.74, 6) is -0.208. The largest absolute Gasteiger partial charge is 0.379 e. The van der Waals surface area contributed by atoms with Gasteiger partial charge in [0.1, 0.15) is 6.04 Å². The first-order valence-electron chi connectivity index (χ1n) is 15.0. The molecule has 2 heterocycles. The van der Waals surface area contributed by atoms with Gasteiger partial charge in [0.05, 0.1) is 19.3 Å². The van der Waals surface area contributed by atoms with Gasteiger partial charge in [-0.3, -0.25) is 19.3 Å². The molecule has 1 aromatic carbocycles. The number of benzene rings is 1. The van der Waals surface area contributed by atoms with Crippen LogP contribution in [0.25, 0.3) is 0 Å². The van der Waals surface area contributed by atoms with E-state index in [9.17, 15) is 14.4 Å². The number of amides is 3. The Morgan fingerprint density at radius 1 is 1.05 bits per heavy atom. The molecule has 4 rings (SSSR count). The number of carbonyl (C=O) groups is 3. The van der Waals surface area contributed by atoms with Crippen molar-refractivity contribution < 1.29 is 19.1 Å². The second-order valence-electron chi connectivity index (χ2n) is 13.1. The molecule has 2 aliphatic heterocycles. The van der Waals surface area contributed by atoms with Crippen LogP contribution in [0.4, 0.5) is 0 Å². The van der Waals surface area contributed by atoms with Gasteiger partial charge in [-0.05, 0) is 56.6 Å². The first-order chi connectivity index (χ1) is 19.0. The minimum absolute atomic E-state index is 0.0719. The fourth-order valence-corrected chi connectivity index (χ4v) is 6.08. The van der Waals surface area contributed by atoms with Gasteiger partial charge in [0.15, 0.2) is 0 Å². The Balaban J connectivity index is 1.55. The van der Waals surface area contributed by atoms with Crippen molar-refractivity contribution in [2.24, 2.45) is 11.1 Å². The van der Waals surface area contributed by atoms with Crippen LogP contribution in [0.1, 0.15) is 75.2 Å². The number of nitrogens with one attached hydrogen (secondary N) is 1. The molecule has 2 unspecified atom stereocenters. The number of carbonyl (C=O) groups excluding carboxylic acids is 3. The molecule has 0 aromatic heterocycles. The highest BCUT2D eigenvalue weighted by Crippen LogP contribution is 2.29. The van der Waals surface area contributed by atoms with Gasteiger partial charge in [-0.2, -0.15) is 0 Å². The van der Waals surface area contributed by atoms with Crippen LogP contribution in [-0.2, 0) is 14.3 Å². The first-order valence-corrected chi connectivity index (χ1v) is 15.0. The number of morpholine rings is 1. The van der Waals surface area contributed by atoms with E-state index >= 15 is 0 Å².